The second-order valence-corrected chi connectivity index (χ2v) is 8.49. The van der Waals surface area contributed by atoms with Crippen molar-refractivity contribution in [2.75, 3.05) is 24.3 Å². The van der Waals surface area contributed by atoms with Gasteiger partial charge in [-0.25, -0.2) is 14.8 Å². The van der Waals surface area contributed by atoms with Crippen LogP contribution in [0.15, 0.2) is 60.9 Å². The first-order valence-corrected chi connectivity index (χ1v) is 11.2. The van der Waals surface area contributed by atoms with E-state index < -0.39 is 23.6 Å². The molecule has 4 aromatic rings. The van der Waals surface area contributed by atoms with E-state index in [-0.39, 0.29) is 5.56 Å². The normalized spacial score (nSPS) is 11.3. The van der Waals surface area contributed by atoms with Gasteiger partial charge in [0, 0.05) is 17.8 Å². The number of alkyl halides is 3. The van der Waals surface area contributed by atoms with Crippen molar-refractivity contribution in [1.29, 1.82) is 0 Å². The quantitative estimate of drug-likeness (QED) is 0.330. The Morgan fingerprint density at radius 2 is 1.74 bits per heavy atom. The predicted octanol–water partition coefficient (Wildman–Crippen LogP) is 5.40. The second-order valence-electron chi connectivity index (χ2n) is 7.44. The Hall–Kier alpha value is -3.99. The van der Waals surface area contributed by atoms with E-state index in [2.05, 4.69) is 20.6 Å². The topological polar surface area (TPSA) is 93.2 Å². The van der Waals surface area contributed by atoms with E-state index >= 15 is 0 Å². The number of methoxy groups -OCH3 is 1. The lowest BCUT2D eigenvalue weighted by atomic mass is 10.1. The Kier molecular flexibility index (Phi) is 6.97. The van der Waals surface area contributed by atoms with Crippen LogP contribution in [0.25, 0.3) is 10.2 Å². The summed E-state index contributed by atoms with van der Waals surface area (Å²) >= 11 is 1.25. The molecule has 4 rings (SSSR count). The van der Waals surface area contributed by atoms with Crippen LogP contribution in [-0.2, 0) is 17.3 Å². The molecular formula is C24H19F3N4O3S. The van der Waals surface area contributed by atoms with Gasteiger partial charge in [-0.05, 0) is 54.4 Å². The Bertz CT molecular complexity index is 1350. The summed E-state index contributed by atoms with van der Waals surface area (Å²) in [5, 5.41) is 5.92. The standard InChI is InChI=1S/C24H19F3N4O3S/c1-34-23(33)19-12-18-20(35-19)21(30-13-29-18)28-11-10-14-2-8-17(9-3-14)31-22(32)15-4-6-16(7-5-15)24(25,26)27/h2-9,12-13H,10-11H2,1H3,(H,31,32)(H,28,29,30). The number of amides is 1. The van der Waals surface area contributed by atoms with E-state index in [0.717, 1.165) is 34.5 Å². The zero-order valence-electron chi connectivity index (χ0n) is 18.3. The molecule has 0 saturated carbocycles. The highest BCUT2D eigenvalue weighted by Gasteiger charge is 2.30. The fourth-order valence-electron chi connectivity index (χ4n) is 3.28. The van der Waals surface area contributed by atoms with E-state index in [0.29, 0.717) is 34.9 Å². The maximum Gasteiger partial charge on any atom is 0.416 e. The molecule has 7 nitrogen and oxygen atoms in total. The average Bonchev–Trinajstić information content (AvgIpc) is 3.29. The minimum Gasteiger partial charge on any atom is -0.465 e. The predicted molar refractivity (Wildman–Crippen MR) is 127 cm³/mol. The molecule has 0 unspecified atom stereocenters. The van der Waals surface area contributed by atoms with Crippen LogP contribution in [-0.4, -0.2) is 35.5 Å². The third kappa shape index (κ3) is 5.75. The number of fused-ring (bicyclic) bond motifs is 1. The van der Waals surface area contributed by atoms with Gasteiger partial charge in [-0.3, -0.25) is 4.79 Å². The molecule has 0 aliphatic carbocycles. The maximum atomic E-state index is 12.7. The molecule has 2 N–H and O–H groups in total. The lowest BCUT2D eigenvalue weighted by molar-refractivity contribution is -0.137. The smallest absolute Gasteiger partial charge is 0.416 e. The highest BCUT2D eigenvalue weighted by molar-refractivity contribution is 7.21. The van der Waals surface area contributed by atoms with Crippen LogP contribution < -0.4 is 10.6 Å². The van der Waals surface area contributed by atoms with Crippen molar-refractivity contribution >= 4 is 44.9 Å². The maximum absolute atomic E-state index is 12.7. The number of nitrogens with zero attached hydrogens (tertiary/aromatic N) is 2. The van der Waals surface area contributed by atoms with E-state index in [4.69, 9.17) is 4.74 Å². The molecule has 0 aliphatic rings. The third-order valence-corrected chi connectivity index (χ3v) is 6.20. The molecular weight excluding hydrogens is 481 g/mol. The number of thiophene rings is 1. The SMILES string of the molecule is COC(=O)c1cc2ncnc(NCCc3ccc(NC(=O)c4ccc(C(F)(F)F)cc4)cc3)c2s1. The summed E-state index contributed by atoms with van der Waals surface area (Å²) in [5.41, 5.74) is 1.50. The molecule has 35 heavy (non-hydrogen) atoms. The molecule has 0 aliphatic heterocycles. The highest BCUT2D eigenvalue weighted by atomic mass is 32.1. The number of carbonyl (C=O) groups excluding carboxylic acids is 2. The fourth-order valence-corrected chi connectivity index (χ4v) is 4.27. The number of halogens is 3. The van der Waals surface area contributed by atoms with Crippen molar-refractivity contribution < 1.29 is 27.5 Å². The van der Waals surface area contributed by atoms with Gasteiger partial charge in [0.2, 0.25) is 0 Å². The summed E-state index contributed by atoms with van der Waals surface area (Å²) in [6.45, 7) is 0.564. The van der Waals surface area contributed by atoms with Gasteiger partial charge in [-0.1, -0.05) is 12.1 Å². The first-order chi connectivity index (χ1) is 16.7. The van der Waals surface area contributed by atoms with Gasteiger partial charge in [0.05, 0.1) is 22.9 Å². The van der Waals surface area contributed by atoms with Crippen molar-refractivity contribution in [3.05, 3.63) is 82.5 Å². The Labute approximate surface area is 202 Å². The molecule has 0 atom stereocenters. The highest BCUT2D eigenvalue weighted by Crippen LogP contribution is 2.30. The first kappa shape index (κ1) is 24.1. The number of ether oxygens (including phenoxy) is 1. The Morgan fingerprint density at radius 3 is 2.40 bits per heavy atom. The summed E-state index contributed by atoms with van der Waals surface area (Å²) in [4.78, 5) is 33.0. The van der Waals surface area contributed by atoms with Crippen molar-refractivity contribution in [1.82, 2.24) is 9.97 Å². The van der Waals surface area contributed by atoms with Crippen LogP contribution in [0.3, 0.4) is 0 Å². The van der Waals surface area contributed by atoms with Gasteiger partial charge in [-0.15, -0.1) is 11.3 Å². The lowest BCUT2D eigenvalue weighted by Gasteiger charge is -2.09. The zero-order chi connectivity index (χ0) is 25.0. The minimum atomic E-state index is -4.45. The molecule has 2 aromatic heterocycles. The molecule has 1 amide bonds. The molecule has 0 spiro atoms. The molecule has 180 valence electrons. The number of nitrogens with one attached hydrogen (secondary N) is 2. The number of hydrogen-bond acceptors (Lipinski definition) is 7. The minimum absolute atomic E-state index is 0.131. The van der Waals surface area contributed by atoms with Crippen molar-refractivity contribution in [2.45, 2.75) is 12.6 Å². The van der Waals surface area contributed by atoms with Crippen molar-refractivity contribution in [2.24, 2.45) is 0 Å². The van der Waals surface area contributed by atoms with E-state index in [1.807, 2.05) is 12.1 Å². The average molecular weight is 501 g/mol. The molecule has 2 aromatic carbocycles. The Balaban J connectivity index is 1.33. The molecule has 0 radical (unpaired) electrons. The van der Waals surface area contributed by atoms with Gasteiger partial charge in [0.15, 0.2) is 0 Å². The zero-order valence-corrected chi connectivity index (χ0v) is 19.2. The summed E-state index contributed by atoms with van der Waals surface area (Å²) in [6.07, 6.45) is -2.37. The van der Waals surface area contributed by atoms with Crippen LogP contribution in [0, 0.1) is 0 Å². The van der Waals surface area contributed by atoms with Crippen LogP contribution in [0.5, 0.6) is 0 Å². The first-order valence-electron chi connectivity index (χ1n) is 10.4. The number of anilines is 2. The Morgan fingerprint density at radius 1 is 1.03 bits per heavy atom. The second kappa shape index (κ2) is 10.1. The molecule has 0 fully saturated rings. The van der Waals surface area contributed by atoms with Crippen LogP contribution in [0.2, 0.25) is 0 Å². The van der Waals surface area contributed by atoms with E-state index in [9.17, 15) is 22.8 Å². The van der Waals surface area contributed by atoms with Crippen LogP contribution >= 0.6 is 11.3 Å². The number of aromatic nitrogens is 2. The van der Waals surface area contributed by atoms with Crippen molar-refractivity contribution in [3.63, 3.8) is 0 Å². The van der Waals surface area contributed by atoms with Gasteiger partial charge in [0.25, 0.3) is 5.91 Å². The molecule has 0 bridgehead atoms. The van der Waals surface area contributed by atoms with Gasteiger partial charge in [0.1, 0.15) is 17.0 Å². The molecule has 2 heterocycles. The van der Waals surface area contributed by atoms with E-state index in [1.54, 1.807) is 18.2 Å². The summed E-state index contributed by atoms with van der Waals surface area (Å²) in [6, 6.07) is 12.8. The molecule has 11 heteroatoms. The monoisotopic (exact) mass is 500 g/mol. The lowest BCUT2D eigenvalue weighted by Crippen LogP contribution is -2.13. The van der Waals surface area contributed by atoms with Crippen LogP contribution in [0.4, 0.5) is 24.7 Å². The largest absolute Gasteiger partial charge is 0.465 e. The fraction of sp³-hybridized carbons (Fsp3) is 0.167. The van der Waals surface area contributed by atoms with E-state index in [1.165, 1.54) is 24.8 Å². The van der Waals surface area contributed by atoms with Gasteiger partial charge < -0.3 is 15.4 Å². The number of carbonyl (C=O) groups is 2. The van der Waals surface area contributed by atoms with Crippen molar-refractivity contribution in [3.8, 4) is 0 Å². The molecule has 0 saturated heterocycles. The summed E-state index contributed by atoms with van der Waals surface area (Å²) < 4.78 is 43.5. The summed E-state index contributed by atoms with van der Waals surface area (Å²) in [7, 11) is 1.32. The van der Waals surface area contributed by atoms with Gasteiger partial charge in [-0.2, -0.15) is 13.2 Å². The number of hydrogen-bond donors (Lipinski definition) is 2. The third-order valence-electron chi connectivity index (χ3n) is 5.09. The number of esters is 1. The summed E-state index contributed by atoms with van der Waals surface area (Å²) in [5.74, 6) is -0.303. The number of benzene rings is 2. The van der Waals surface area contributed by atoms with Crippen LogP contribution in [0.1, 0.15) is 31.2 Å². The number of rotatable bonds is 7. The van der Waals surface area contributed by atoms with Gasteiger partial charge >= 0.3 is 12.1 Å².